The Labute approximate surface area is 113 Å². The molecule has 2 atom stereocenters. The minimum atomic E-state index is -0.389. The minimum absolute atomic E-state index is 0.128. The summed E-state index contributed by atoms with van der Waals surface area (Å²) in [5, 5.41) is 0. The van der Waals surface area contributed by atoms with Crippen LogP contribution in [0.4, 0.5) is 4.39 Å². The van der Waals surface area contributed by atoms with Crippen molar-refractivity contribution in [3.8, 4) is 0 Å². The highest BCUT2D eigenvalue weighted by atomic mass is 79.9. The van der Waals surface area contributed by atoms with Crippen LogP contribution in [0.5, 0.6) is 0 Å². The minimum Gasteiger partial charge on any atom is -0.278 e. The van der Waals surface area contributed by atoms with Crippen molar-refractivity contribution in [1.82, 2.24) is 4.90 Å². The molecule has 1 heterocycles. The number of halogens is 2. The van der Waals surface area contributed by atoms with E-state index in [1.807, 2.05) is 0 Å². The molecule has 2 amide bonds. The van der Waals surface area contributed by atoms with Gasteiger partial charge in [0.25, 0.3) is 0 Å². The normalized spacial score (nSPS) is 23.9. The Hall–Kier alpha value is -1.23. The second-order valence-electron chi connectivity index (χ2n) is 4.62. The van der Waals surface area contributed by atoms with Gasteiger partial charge in [-0.2, -0.15) is 0 Å². The summed E-state index contributed by atoms with van der Waals surface area (Å²) in [7, 11) is 0. The lowest BCUT2D eigenvalue weighted by Crippen LogP contribution is -2.30. The fraction of sp³-hybridized carbons (Fsp3) is 0.385. The second-order valence-corrected chi connectivity index (χ2v) is 5.53. The lowest BCUT2D eigenvalue weighted by atomic mass is 10.00. The fourth-order valence-corrected chi connectivity index (χ4v) is 2.58. The molecule has 1 aromatic carbocycles. The molecule has 0 radical (unpaired) electrons. The van der Waals surface area contributed by atoms with Crippen LogP contribution in [0.2, 0.25) is 0 Å². The van der Waals surface area contributed by atoms with Crippen LogP contribution in [0, 0.1) is 17.7 Å². The first-order chi connectivity index (χ1) is 8.40. The van der Waals surface area contributed by atoms with Gasteiger partial charge in [-0.1, -0.05) is 29.8 Å². The zero-order valence-corrected chi connectivity index (χ0v) is 11.7. The summed E-state index contributed by atoms with van der Waals surface area (Å²) < 4.78 is 13.8. The molecule has 96 valence electrons. The summed E-state index contributed by atoms with van der Waals surface area (Å²) in [5.74, 6) is -1.36. The average Bonchev–Trinajstić information content (AvgIpc) is 2.46. The highest BCUT2D eigenvalue weighted by Crippen LogP contribution is 2.27. The summed E-state index contributed by atoms with van der Waals surface area (Å²) in [6, 6.07) is 4.37. The molecular formula is C13H13BrFNO2. The van der Waals surface area contributed by atoms with Gasteiger partial charge in [0.2, 0.25) is 11.8 Å². The van der Waals surface area contributed by atoms with Gasteiger partial charge < -0.3 is 0 Å². The van der Waals surface area contributed by atoms with Gasteiger partial charge in [-0.05, 0) is 23.8 Å². The number of benzene rings is 1. The summed E-state index contributed by atoms with van der Waals surface area (Å²) >= 11 is 3.19. The molecule has 1 fully saturated rings. The van der Waals surface area contributed by atoms with Crippen molar-refractivity contribution in [2.75, 3.05) is 0 Å². The van der Waals surface area contributed by atoms with Gasteiger partial charge in [0.1, 0.15) is 5.82 Å². The smallest absolute Gasteiger partial charge is 0.233 e. The molecule has 0 spiro atoms. The molecule has 2 rings (SSSR count). The first-order valence-electron chi connectivity index (χ1n) is 5.70. The molecule has 1 aliphatic heterocycles. The van der Waals surface area contributed by atoms with Crippen LogP contribution in [0.15, 0.2) is 22.7 Å². The van der Waals surface area contributed by atoms with E-state index in [4.69, 9.17) is 0 Å². The topological polar surface area (TPSA) is 37.4 Å². The van der Waals surface area contributed by atoms with E-state index in [0.717, 1.165) is 0 Å². The molecule has 0 aromatic heterocycles. The highest BCUT2D eigenvalue weighted by Gasteiger charge is 2.41. The van der Waals surface area contributed by atoms with Gasteiger partial charge in [0.05, 0.1) is 6.54 Å². The number of amides is 2. The van der Waals surface area contributed by atoms with Gasteiger partial charge in [0, 0.05) is 16.3 Å². The number of likely N-dealkylation sites (tertiary alicyclic amines) is 1. The lowest BCUT2D eigenvalue weighted by molar-refractivity contribution is -0.140. The van der Waals surface area contributed by atoms with Crippen molar-refractivity contribution in [2.24, 2.45) is 11.8 Å². The maximum Gasteiger partial charge on any atom is 0.233 e. The van der Waals surface area contributed by atoms with Gasteiger partial charge >= 0.3 is 0 Å². The second kappa shape index (κ2) is 4.80. The highest BCUT2D eigenvalue weighted by molar-refractivity contribution is 9.10. The molecule has 0 aliphatic carbocycles. The Morgan fingerprint density at radius 1 is 1.17 bits per heavy atom. The number of imide groups is 1. The Morgan fingerprint density at radius 3 is 2.22 bits per heavy atom. The van der Waals surface area contributed by atoms with Crippen molar-refractivity contribution < 1.29 is 14.0 Å². The Morgan fingerprint density at radius 2 is 1.72 bits per heavy atom. The van der Waals surface area contributed by atoms with Crippen LogP contribution >= 0.6 is 15.9 Å². The van der Waals surface area contributed by atoms with Crippen molar-refractivity contribution in [3.63, 3.8) is 0 Å². The third-order valence-corrected chi connectivity index (χ3v) is 3.78. The molecule has 1 aliphatic rings. The van der Waals surface area contributed by atoms with E-state index in [2.05, 4.69) is 15.9 Å². The molecule has 5 heteroatoms. The maximum absolute atomic E-state index is 13.2. The molecule has 2 unspecified atom stereocenters. The number of carbonyl (C=O) groups is 2. The van der Waals surface area contributed by atoms with Crippen LogP contribution in [0.25, 0.3) is 0 Å². The molecular weight excluding hydrogens is 301 g/mol. The maximum atomic E-state index is 13.2. The third kappa shape index (κ3) is 2.32. The SMILES string of the molecule is CC1C(=O)N(Cc2cc(F)cc(Br)c2)C(=O)C1C. The van der Waals surface area contributed by atoms with Crippen LogP contribution < -0.4 is 0 Å². The van der Waals surface area contributed by atoms with Crippen LogP contribution in [-0.2, 0) is 16.1 Å². The molecule has 1 aromatic rings. The number of rotatable bonds is 2. The zero-order valence-electron chi connectivity index (χ0n) is 10.1. The van der Waals surface area contributed by atoms with Crippen LogP contribution in [-0.4, -0.2) is 16.7 Å². The van der Waals surface area contributed by atoms with E-state index in [-0.39, 0.29) is 36.0 Å². The molecule has 0 N–H and O–H groups in total. The lowest BCUT2D eigenvalue weighted by Gasteiger charge is -2.14. The van der Waals surface area contributed by atoms with E-state index >= 15 is 0 Å². The van der Waals surface area contributed by atoms with Crippen LogP contribution in [0.1, 0.15) is 19.4 Å². The van der Waals surface area contributed by atoms with Gasteiger partial charge in [-0.15, -0.1) is 0 Å². The van der Waals surface area contributed by atoms with Crippen LogP contribution in [0.3, 0.4) is 0 Å². The standard InChI is InChI=1S/C13H13BrFNO2/c1-7-8(2)13(18)16(12(7)17)6-9-3-10(14)5-11(15)4-9/h3-5,7-8H,6H2,1-2H3. The first kappa shape index (κ1) is 13.2. The summed E-state index contributed by atoms with van der Waals surface area (Å²) in [5.41, 5.74) is 0.602. The van der Waals surface area contributed by atoms with Crippen molar-refractivity contribution in [3.05, 3.63) is 34.1 Å². The van der Waals surface area contributed by atoms with Crippen molar-refractivity contribution >= 4 is 27.7 Å². The largest absolute Gasteiger partial charge is 0.278 e. The predicted octanol–water partition coefficient (Wildman–Crippen LogP) is 2.73. The Balaban J connectivity index is 2.24. The van der Waals surface area contributed by atoms with E-state index in [1.54, 1.807) is 19.9 Å². The molecule has 0 saturated carbocycles. The monoisotopic (exact) mass is 313 g/mol. The van der Waals surface area contributed by atoms with Gasteiger partial charge in [-0.3, -0.25) is 14.5 Å². The average molecular weight is 314 g/mol. The molecule has 18 heavy (non-hydrogen) atoms. The van der Waals surface area contributed by atoms with E-state index in [0.29, 0.717) is 10.0 Å². The number of hydrogen-bond donors (Lipinski definition) is 0. The fourth-order valence-electron chi connectivity index (χ4n) is 2.07. The predicted molar refractivity (Wildman–Crippen MR) is 68.0 cm³/mol. The number of nitrogens with zero attached hydrogens (tertiary/aromatic N) is 1. The number of carbonyl (C=O) groups excluding carboxylic acids is 2. The third-order valence-electron chi connectivity index (χ3n) is 3.32. The van der Waals surface area contributed by atoms with Crippen molar-refractivity contribution in [1.29, 1.82) is 0 Å². The van der Waals surface area contributed by atoms with Gasteiger partial charge in [-0.25, -0.2) is 4.39 Å². The first-order valence-corrected chi connectivity index (χ1v) is 6.49. The molecule has 3 nitrogen and oxygen atoms in total. The zero-order chi connectivity index (χ0) is 13.4. The van der Waals surface area contributed by atoms with E-state index in [1.165, 1.54) is 17.0 Å². The quantitative estimate of drug-likeness (QED) is 0.787. The summed E-state index contributed by atoms with van der Waals surface area (Å²) in [4.78, 5) is 25.0. The molecule has 0 bridgehead atoms. The Bertz CT molecular complexity index is 477. The van der Waals surface area contributed by atoms with E-state index in [9.17, 15) is 14.0 Å². The van der Waals surface area contributed by atoms with Gasteiger partial charge in [0.15, 0.2) is 0 Å². The Kier molecular flexibility index (Phi) is 3.52. The number of hydrogen-bond acceptors (Lipinski definition) is 2. The van der Waals surface area contributed by atoms with E-state index < -0.39 is 0 Å². The molecule has 1 saturated heterocycles. The van der Waals surface area contributed by atoms with Crippen molar-refractivity contribution in [2.45, 2.75) is 20.4 Å². The summed E-state index contributed by atoms with van der Waals surface area (Å²) in [6.07, 6.45) is 0. The summed E-state index contributed by atoms with van der Waals surface area (Å²) in [6.45, 7) is 3.61.